The summed E-state index contributed by atoms with van der Waals surface area (Å²) in [6.45, 7) is 1.16. The fourth-order valence-electron chi connectivity index (χ4n) is 2.83. The summed E-state index contributed by atoms with van der Waals surface area (Å²) in [6.07, 6.45) is -2.98. The molecule has 0 spiro atoms. The largest absolute Gasteiger partial charge is 0.406 e. The van der Waals surface area contributed by atoms with Gasteiger partial charge in [-0.25, -0.2) is 4.98 Å². The number of thioether (sulfide) groups is 1. The number of aryl methyl sites for hydroxylation is 1. The van der Waals surface area contributed by atoms with Crippen LogP contribution in [0.4, 0.5) is 13.2 Å². The van der Waals surface area contributed by atoms with Crippen molar-refractivity contribution in [1.82, 2.24) is 14.9 Å². The van der Waals surface area contributed by atoms with Crippen LogP contribution in [0.2, 0.25) is 0 Å². The predicted molar refractivity (Wildman–Crippen MR) is 107 cm³/mol. The summed E-state index contributed by atoms with van der Waals surface area (Å²) in [5.74, 6) is -0.282. The van der Waals surface area contributed by atoms with Gasteiger partial charge in [-0.2, -0.15) is 13.2 Å². The standard InChI is InChI=1S/C21H20F3N3OS/c1-15-7-5-6-10-17(15)11-25-19(28)13-29-20-26-12-18(16-8-3-2-4-9-16)27(20)14-21(22,23)24/h2-10,12H,11,13-14H2,1H3,(H,25,28). The molecule has 8 heteroatoms. The third-order valence-electron chi connectivity index (χ3n) is 4.30. The van der Waals surface area contributed by atoms with E-state index in [0.29, 0.717) is 17.8 Å². The summed E-state index contributed by atoms with van der Waals surface area (Å²) >= 11 is 0.990. The van der Waals surface area contributed by atoms with E-state index in [1.54, 1.807) is 30.3 Å². The second-order valence-corrected chi connectivity index (χ2v) is 7.43. The van der Waals surface area contributed by atoms with Gasteiger partial charge in [-0.05, 0) is 23.6 Å². The first-order valence-corrected chi connectivity index (χ1v) is 9.94. The maximum Gasteiger partial charge on any atom is 0.406 e. The number of benzene rings is 2. The Labute approximate surface area is 171 Å². The second-order valence-electron chi connectivity index (χ2n) is 6.49. The van der Waals surface area contributed by atoms with Crippen molar-refractivity contribution in [2.45, 2.75) is 31.3 Å². The van der Waals surface area contributed by atoms with Crippen LogP contribution in [0.1, 0.15) is 11.1 Å². The molecule has 0 aliphatic rings. The number of halogens is 3. The number of hydrogen-bond acceptors (Lipinski definition) is 3. The summed E-state index contributed by atoms with van der Waals surface area (Å²) in [7, 11) is 0. The number of alkyl halides is 3. The minimum Gasteiger partial charge on any atom is -0.351 e. The van der Waals surface area contributed by atoms with E-state index in [-0.39, 0.29) is 16.8 Å². The SMILES string of the molecule is Cc1ccccc1CNC(=O)CSc1ncc(-c2ccccc2)n1CC(F)(F)F. The first kappa shape index (κ1) is 21.0. The van der Waals surface area contributed by atoms with Gasteiger partial charge in [0.2, 0.25) is 5.91 Å². The number of rotatable bonds is 7. The van der Waals surface area contributed by atoms with Crippen molar-refractivity contribution < 1.29 is 18.0 Å². The lowest BCUT2D eigenvalue weighted by Gasteiger charge is -2.14. The van der Waals surface area contributed by atoms with Gasteiger partial charge in [0.1, 0.15) is 6.54 Å². The number of carbonyl (C=O) groups excluding carboxylic acids is 1. The molecule has 0 saturated heterocycles. The van der Waals surface area contributed by atoms with E-state index in [4.69, 9.17) is 0 Å². The Morgan fingerprint density at radius 2 is 1.79 bits per heavy atom. The van der Waals surface area contributed by atoms with Crippen molar-refractivity contribution in [2.24, 2.45) is 0 Å². The van der Waals surface area contributed by atoms with E-state index < -0.39 is 12.7 Å². The molecule has 0 fully saturated rings. The highest BCUT2D eigenvalue weighted by molar-refractivity contribution is 7.99. The van der Waals surface area contributed by atoms with Crippen LogP contribution in [0, 0.1) is 6.92 Å². The van der Waals surface area contributed by atoms with Crippen LogP contribution in [0.15, 0.2) is 66.0 Å². The van der Waals surface area contributed by atoms with E-state index in [1.165, 1.54) is 6.20 Å². The van der Waals surface area contributed by atoms with Crippen LogP contribution < -0.4 is 5.32 Å². The maximum atomic E-state index is 13.1. The van der Waals surface area contributed by atoms with Crippen molar-refractivity contribution in [2.75, 3.05) is 5.75 Å². The van der Waals surface area contributed by atoms with Crippen LogP contribution in [-0.4, -0.2) is 27.4 Å². The molecule has 1 amide bonds. The fourth-order valence-corrected chi connectivity index (χ4v) is 3.64. The highest BCUT2D eigenvalue weighted by Gasteiger charge is 2.31. The van der Waals surface area contributed by atoms with Gasteiger partial charge in [0.15, 0.2) is 5.16 Å². The number of hydrogen-bond donors (Lipinski definition) is 1. The van der Waals surface area contributed by atoms with E-state index in [9.17, 15) is 18.0 Å². The number of nitrogens with one attached hydrogen (secondary N) is 1. The molecule has 152 valence electrons. The molecule has 1 heterocycles. The molecule has 0 aliphatic carbocycles. The Morgan fingerprint density at radius 1 is 1.10 bits per heavy atom. The predicted octanol–water partition coefficient (Wildman–Crippen LogP) is 4.83. The van der Waals surface area contributed by atoms with Crippen LogP contribution in [0.5, 0.6) is 0 Å². The second kappa shape index (κ2) is 9.17. The summed E-state index contributed by atoms with van der Waals surface area (Å²) in [5, 5.41) is 2.96. The molecule has 0 bridgehead atoms. The molecular weight excluding hydrogens is 399 g/mol. The molecule has 29 heavy (non-hydrogen) atoms. The zero-order valence-corrected chi connectivity index (χ0v) is 16.6. The molecule has 2 aromatic carbocycles. The molecular formula is C21H20F3N3OS. The Hall–Kier alpha value is -2.74. The lowest BCUT2D eigenvalue weighted by molar-refractivity contribution is -0.141. The minimum atomic E-state index is -4.40. The van der Waals surface area contributed by atoms with Gasteiger partial charge in [0.25, 0.3) is 0 Å². The molecule has 0 radical (unpaired) electrons. The normalized spacial score (nSPS) is 11.4. The zero-order chi connectivity index (χ0) is 20.9. The van der Waals surface area contributed by atoms with Crippen molar-refractivity contribution in [3.8, 4) is 11.3 Å². The zero-order valence-electron chi connectivity index (χ0n) is 15.7. The van der Waals surface area contributed by atoms with E-state index >= 15 is 0 Å². The van der Waals surface area contributed by atoms with Gasteiger partial charge in [0, 0.05) is 6.54 Å². The maximum absolute atomic E-state index is 13.1. The number of aromatic nitrogens is 2. The van der Waals surface area contributed by atoms with Crippen molar-refractivity contribution in [1.29, 1.82) is 0 Å². The van der Waals surface area contributed by atoms with Gasteiger partial charge >= 0.3 is 6.18 Å². The highest BCUT2D eigenvalue weighted by Crippen LogP contribution is 2.29. The molecule has 0 unspecified atom stereocenters. The Balaban J connectivity index is 1.69. The molecule has 0 atom stereocenters. The van der Waals surface area contributed by atoms with E-state index in [1.807, 2.05) is 31.2 Å². The number of amides is 1. The first-order chi connectivity index (χ1) is 13.8. The Bertz CT molecular complexity index is 971. The lowest BCUT2D eigenvalue weighted by Crippen LogP contribution is -2.25. The fraction of sp³-hybridized carbons (Fsp3) is 0.238. The van der Waals surface area contributed by atoms with Crippen molar-refractivity contribution in [3.63, 3.8) is 0 Å². The minimum absolute atomic E-state index is 0.0189. The molecule has 1 N–H and O–H groups in total. The van der Waals surface area contributed by atoms with Crippen molar-refractivity contribution >= 4 is 17.7 Å². The van der Waals surface area contributed by atoms with Gasteiger partial charge in [-0.3, -0.25) is 4.79 Å². The van der Waals surface area contributed by atoms with Crippen LogP contribution in [0.3, 0.4) is 0 Å². The smallest absolute Gasteiger partial charge is 0.351 e. The molecule has 3 aromatic rings. The van der Waals surface area contributed by atoms with Gasteiger partial charge in [-0.1, -0.05) is 66.4 Å². The van der Waals surface area contributed by atoms with Gasteiger partial charge in [-0.15, -0.1) is 0 Å². The van der Waals surface area contributed by atoms with Crippen LogP contribution in [0.25, 0.3) is 11.3 Å². The van der Waals surface area contributed by atoms with Crippen LogP contribution in [-0.2, 0) is 17.9 Å². The number of carbonyl (C=O) groups is 1. The third-order valence-corrected chi connectivity index (χ3v) is 5.29. The van der Waals surface area contributed by atoms with E-state index in [0.717, 1.165) is 27.5 Å². The monoisotopic (exact) mass is 419 g/mol. The molecule has 0 saturated carbocycles. The van der Waals surface area contributed by atoms with Crippen molar-refractivity contribution in [3.05, 3.63) is 71.9 Å². The molecule has 4 nitrogen and oxygen atoms in total. The highest BCUT2D eigenvalue weighted by atomic mass is 32.2. The third kappa shape index (κ3) is 5.87. The number of imidazole rings is 1. The Kier molecular flexibility index (Phi) is 6.64. The number of nitrogens with zero attached hydrogens (tertiary/aromatic N) is 2. The molecule has 0 aliphatic heterocycles. The average molecular weight is 419 g/mol. The van der Waals surface area contributed by atoms with E-state index in [2.05, 4.69) is 10.3 Å². The summed E-state index contributed by atoms with van der Waals surface area (Å²) in [6, 6.07) is 16.4. The van der Waals surface area contributed by atoms with Gasteiger partial charge < -0.3 is 9.88 Å². The summed E-state index contributed by atoms with van der Waals surface area (Å²) in [4.78, 5) is 16.3. The topological polar surface area (TPSA) is 46.9 Å². The summed E-state index contributed by atoms with van der Waals surface area (Å²) in [5.41, 5.74) is 3.07. The lowest BCUT2D eigenvalue weighted by atomic mass is 10.1. The quantitative estimate of drug-likeness (QED) is 0.558. The molecule has 3 rings (SSSR count). The Morgan fingerprint density at radius 3 is 2.48 bits per heavy atom. The average Bonchev–Trinajstić information content (AvgIpc) is 3.07. The first-order valence-electron chi connectivity index (χ1n) is 8.95. The van der Waals surface area contributed by atoms with Crippen LogP contribution >= 0.6 is 11.8 Å². The van der Waals surface area contributed by atoms with Gasteiger partial charge in [0.05, 0.1) is 17.6 Å². The molecule has 1 aromatic heterocycles. The summed E-state index contributed by atoms with van der Waals surface area (Å²) < 4.78 is 40.4.